The number of ether oxygens (including phenoxy) is 5. The highest BCUT2D eigenvalue weighted by atomic mass is 31.2. The van der Waals surface area contributed by atoms with Gasteiger partial charge in [0.25, 0.3) is 14.4 Å². The molecular weight excluding hydrogens is 822 g/mol. The van der Waals surface area contributed by atoms with E-state index in [1.807, 2.05) is 91.9 Å². The number of carbonyl (C=O) groups excluding carboxylic acids is 1. The first-order valence-corrected chi connectivity index (χ1v) is 22.1. The van der Waals surface area contributed by atoms with Crippen LogP contribution in [0.3, 0.4) is 0 Å². The Kier molecular flexibility index (Phi) is 14.4. The van der Waals surface area contributed by atoms with E-state index in [9.17, 15) is 14.9 Å². The highest BCUT2D eigenvalue weighted by molar-refractivity contribution is 7.44. The number of fused-ring (bicyclic) bond motifs is 2. The Balaban J connectivity index is 1.34. The fraction of sp³-hybridized carbons (Fsp3) is 0.375. The Hall–Kier alpha value is -5.49. The molecule has 2 fully saturated rings. The van der Waals surface area contributed by atoms with Crippen molar-refractivity contribution in [3.8, 4) is 17.6 Å². The van der Waals surface area contributed by atoms with Crippen molar-refractivity contribution in [1.82, 2.24) is 14.2 Å². The third-order valence-corrected chi connectivity index (χ3v) is 13.5. The monoisotopic (exact) mass is 875 g/mol. The summed E-state index contributed by atoms with van der Waals surface area (Å²) in [5.74, 6) is 1.04. The van der Waals surface area contributed by atoms with E-state index < -0.39 is 55.9 Å². The van der Waals surface area contributed by atoms with Crippen LogP contribution in [0.5, 0.6) is 11.5 Å². The van der Waals surface area contributed by atoms with Crippen LogP contribution in [0, 0.1) is 11.3 Å². The van der Waals surface area contributed by atoms with Crippen LogP contribution in [-0.4, -0.2) is 83.6 Å². The second-order valence-electron chi connectivity index (χ2n) is 15.9. The number of hydrogen-bond donors (Lipinski definition) is 1. The van der Waals surface area contributed by atoms with Gasteiger partial charge in [-0.3, -0.25) is 9.36 Å². The molecule has 7 rings (SSSR count). The average molecular weight is 876 g/mol. The number of aromatic nitrogens is 2. The van der Waals surface area contributed by atoms with Gasteiger partial charge in [-0.2, -0.15) is 10.2 Å². The first-order valence-electron chi connectivity index (χ1n) is 21.0. The van der Waals surface area contributed by atoms with Gasteiger partial charge in [0.2, 0.25) is 0 Å². The molecule has 1 aromatic heterocycles. The standard InChI is InChI=1S/C48H54N5O9P/c1-32(2)53(33(3)4)63(59-30-14-28-49)62-43-42-45(52-29-27-41(51-46(52)55)50-44(54)35-15-10-8-11-16-35)61-47(43,31-58-42)34(5)60-48(36-17-12-9-13-18-36,37-19-23-39(56-6)24-20-37)38-21-25-40(57-7)26-22-38/h8-13,15-27,29,32-34,42-43,45H,14,30-31H2,1-7H3,(H,50,51,54,55)/t34-,42+,43-,45+,47+,63?/m0/s1. The Labute approximate surface area is 369 Å². The predicted octanol–water partition coefficient (Wildman–Crippen LogP) is 8.24. The summed E-state index contributed by atoms with van der Waals surface area (Å²) >= 11 is 0. The van der Waals surface area contributed by atoms with Crippen molar-refractivity contribution in [2.45, 2.75) is 88.9 Å². The summed E-state index contributed by atoms with van der Waals surface area (Å²) in [6.07, 6.45) is -1.82. The molecular formula is C48H54N5O9P. The highest BCUT2D eigenvalue weighted by Crippen LogP contribution is 2.57. The second-order valence-corrected chi connectivity index (χ2v) is 17.3. The van der Waals surface area contributed by atoms with Crippen molar-refractivity contribution in [1.29, 1.82) is 5.26 Å². The van der Waals surface area contributed by atoms with Gasteiger partial charge >= 0.3 is 5.69 Å². The maximum absolute atomic E-state index is 14.0. The molecule has 4 aromatic carbocycles. The van der Waals surface area contributed by atoms with Crippen molar-refractivity contribution in [2.75, 3.05) is 32.8 Å². The average Bonchev–Trinajstić information content (AvgIpc) is 3.81. The van der Waals surface area contributed by atoms with Gasteiger partial charge < -0.3 is 38.0 Å². The molecule has 0 spiro atoms. The van der Waals surface area contributed by atoms with Crippen molar-refractivity contribution in [3.63, 3.8) is 0 Å². The van der Waals surface area contributed by atoms with Gasteiger partial charge in [-0.1, -0.05) is 72.8 Å². The van der Waals surface area contributed by atoms with Gasteiger partial charge in [-0.05, 0) is 93.8 Å². The molecule has 330 valence electrons. The lowest BCUT2D eigenvalue weighted by Gasteiger charge is -2.44. The molecule has 2 bridgehead atoms. The molecule has 2 aliphatic heterocycles. The number of methoxy groups -OCH3 is 2. The van der Waals surface area contributed by atoms with E-state index in [2.05, 4.69) is 48.7 Å². The summed E-state index contributed by atoms with van der Waals surface area (Å²) in [4.78, 5) is 31.2. The third-order valence-electron chi connectivity index (χ3n) is 11.4. The predicted molar refractivity (Wildman–Crippen MR) is 238 cm³/mol. The smallest absolute Gasteiger partial charge is 0.351 e. The molecule has 1 unspecified atom stereocenters. The van der Waals surface area contributed by atoms with Gasteiger partial charge in [0.15, 0.2) is 6.23 Å². The Morgan fingerprint density at radius 2 is 1.46 bits per heavy atom. The number of carbonyl (C=O) groups is 1. The van der Waals surface area contributed by atoms with Gasteiger partial charge in [-0.15, -0.1) is 0 Å². The van der Waals surface area contributed by atoms with Crippen LogP contribution < -0.4 is 20.5 Å². The van der Waals surface area contributed by atoms with Crippen molar-refractivity contribution >= 4 is 20.3 Å². The van der Waals surface area contributed by atoms with Gasteiger partial charge in [0.05, 0.1) is 46.0 Å². The van der Waals surface area contributed by atoms with Crippen LogP contribution in [0.4, 0.5) is 5.82 Å². The van der Waals surface area contributed by atoms with E-state index >= 15 is 0 Å². The zero-order valence-electron chi connectivity index (χ0n) is 36.5. The third kappa shape index (κ3) is 9.28. The van der Waals surface area contributed by atoms with E-state index in [-0.39, 0.29) is 37.5 Å². The molecule has 5 aromatic rings. The van der Waals surface area contributed by atoms with Gasteiger partial charge in [0.1, 0.15) is 40.7 Å². The summed E-state index contributed by atoms with van der Waals surface area (Å²) in [5, 5.41) is 12.2. The van der Waals surface area contributed by atoms with E-state index in [4.69, 9.17) is 32.7 Å². The van der Waals surface area contributed by atoms with Gasteiger partial charge in [0, 0.05) is 23.8 Å². The minimum atomic E-state index is -1.82. The van der Waals surface area contributed by atoms with Crippen LogP contribution in [0.1, 0.15) is 74.3 Å². The summed E-state index contributed by atoms with van der Waals surface area (Å²) in [5.41, 5.74) is -0.368. The van der Waals surface area contributed by atoms with Crippen LogP contribution in [-0.2, 0) is 28.9 Å². The second kappa shape index (κ2) is 19.9. The number of amides is 1. The number of rotatable bonds is 19. The van der Waals surface area contributed by atoms with Gasteiger partial charge in [-0.25, -0.2) is 9.46 Å². The number of nitriles is 1. The highest BCUT2D eigenvalue weighted by Gasteiger charge is 2.68. The van der Waals surface area contributed by atoms with Crippen molar-refractivity contribution in [3.05, 3.63) is 154 Å². The van der Waals surface area contributed by atoms with Crippen LogP contribution in [0.15, 0.2) is 126 Å². The number of benzene rings is 4. The fourth-order valence-electron chi connectivity index (χ4n) is 8.35. The van der Waals surface area contributed by atoms with E-state index in [1.165, 1.54) is 10.8 Å². The molecule has 0 aliphatic carbocycles. The maximum atomic E-state index is 14.0. The number of hydrogen-bond acceptors (Lipinski definition) is 12. The molecule has 2 saturated heterocycles. The summed E-state index contributed by atoms with van der Waals surface area (Å²) in [6.45, 7) is 10.4. The molecule has 14 nitrogen and oxygen atoms in total. The fourth-order valence-corrected chi connectivity index (χ4v) is 10.1. The quantitative estimate of drug-likeness (QED) is 0.0483. The minimum absolute atomic E-state index is 0.000782. The number of nitrogens with one attached hydrogen (secondary N) is 1. The van der Waals surface area contributed by atoms with E-state index in [1.54, 1.807) is 44.6 Å². The Morgan fingerprint density at radius 1 is 0.889 bits per heavy atom. The van der Waals surface area contributed by atoms with Crippen molar-refractivity contribution in [2.24, 2.45) is 0 Å². The van der Waals surface area contributed by atoms with Crippen molar-refractivity contribution < 1.29 is 37.5 Å². The molecule has 6 atom stereocenters. The molecule has 2 aliphatic rings. The lowest BCUT2D eigenvalue weighted by atomic mass is 9.79. The first-order chi connectivity index (χ1) is 30.4. The molecule has 1 amide bonds. The van der Waals surface area contributed by atoms with E-state index in [0.29, 0.717) is 17.1 Å². The zero-order chi connectivity index (χ0) is 44.7. The summed E-state index contributed by atoms with van der Waals surface area (Å²) < 4.78 is 49.7. The topological polar surface area (TPSA) is 156 Å². The normalized spacial score (nSPS) is 20.4. The number of nitrogens with zero attached hydrogens (tertiary/aromatic N) is 4. The molecule has 63 heavy (non-hydrogen) atoms. The Morgan fingerprint density at radius 3 is 2.00 bits per heavy atom. The molecule has 0 radical (unpaired) electrons. The molecule has 1 N–H and O–H groups in total. The van der Waals surface area contributed by atoms with Crippen LogP contribution in [0.2, 0.25) is 0 Å². The van der Waals surface area contributed by atoms with Crippen LogP contribution >= 0.6 is 8.53 Å². The largest absolute Gasteiger partial charge is 0.497 e. The lowest BCUT2D eigenvalue weighted by molar-refractivity contribution is -0.230. The zero-order valence-corrected chi connectivity index (χ0v) is 37.4. The minimum Gasteiger partial charge on any atom is -0.497 e. The molecule has 15 heteroatoms. The lowest BCUT2D eigenvalue weighted by Crippen LogP contribution is -2.55. The summed E-state index contributed by atoms with van der Waals surface area (Å²) in [6, 6.07) is 37.8. The Bertz CT molecular complexity index is 2340. The van der Waals surface area contributed by atoms with E-state index in [0.717, 1.165) is 16.7 Å². The molecule has 0 saturated carbocycles. The van der Waals surface area contributed by atoms with Crippen LogP contribution in [0.25, 0.3) is 0 Å². The molecule has 3 heterocycles. The first kappa shape index (κ1) is 45.5. The SMILES string of the molecule is COc1ccc(C(O[C@@H](C)[C@@]23CO[C@@H]([C@H](n4ccc(NC(=O)c5ccccc5)nc4=O)O2)[C@@H]3OP(OCCC#N)N(C(C)C)C(C)C)(c2ccccc2)c2ccc(OC)cc2)cc1. The summed E-state index contributed by atoms with van der Waals surface area (Å²) in [7, 11) is 1.43. The maximum Gasteiger partial charge on any atom is 0.351 e. The number of anilines is 1.